The second-order valence-electron chi connectivity index (χ2n) is 8.97. The number of fused-ring (bicyclic) bond motifs is 1. The van der Waals surface area contributed by atoms with Gasteiger partial charge >= 0.3 is 0 Å². The molecular weight excluding hydrogens is 450 g/mol. The summed E-state index contributed by atoms with van der Waals surface area (Å²) in [4.78, 5) is 14.9. The Balaban J connectivity index is 1.28. The van der Waals surface area contributed by atoms with Crippen LogP contribution in [0.1, 0.15) is 11.1 Å². The van der Waals surface area contributed by atoms with Crippen LogP contribution in [0, 0.1) is 6.92 Å². The van der Waals surface area contributed by atoms with Crippen molar-refractivity contribution in [2.24, 2.45) is 0 Å². The van der Waals surface area contributed by atoms with E-state index >= 15 is 0 Å². The van der Waals surface area contributed by atoms with Gasteiger partial charge < -0.3 is 25.0 Å². The minimum atomic E-state index is -0.190. The zero-order valence-electron chi connectivity index (χ0n) is 20.5. The summed E-state index contributed by atoms with van der Waals surface area (Å²) in [6.07, 6.45) is 0. The van der Waals surface area contributed by atoms with Crippen molar-refractivity contribution < 1.29 is 14.3 Å². The zero-order valence-corrected chi connectivity index (χ0v) is 20.5. The number of nitrogens with zero attached hydrogens (tertiary/aromatic N) is 1. The van der Waals surface area contributed by atoms with Gasteiger partial charge in [-0.3, -0.25) is 4.79 Å². The third kappa shape index (κ3) is 5.78. The number of carbonyl (C=O) groups is 1. The minimum absolute atomic E-state index is 0.0620. The largest absolute Gasteiger partial charge is 0.483 e. The lowest BCUT2D eigenvalue weighted by Gasteiger charge is -2.29. The van der Waals surface area contributed by atoms with E-state index in [1.54, 1.807) is 0 Å². The topological polar surface area (TPSA) is 62.8 Å². The molecule has 1 aliphatic heterocycles. The van der Waals surface area contributed by atoms with Gasteiger partial charge in [0, 0.05) is 42.3 Å². The van der Waals surface area contributed by atoms with Crippen LogP contribution in [-0.2, 0) is 16.1 Å². The van der Waals surface area contributed by atoms with E-state index in [2.05, 4.69) is 51.9 Å². The van der Waals surface area contributed by atoms with Crippen LogP contribution < -0.4 is 20.3 Å². The van der Waals surface area contributed by atoms with Crippen molar-refractivity contribution in [2.45, 2.75) is 13.5 Å². The first-order valence-corrected chi connectivity index (χ1v) is 12.3. The van der Waals surface area contributed by atoms with E-state index in [9.17, 15) is 4.79 Å². The summed E-state index contributed by atoms with van der Waals surface area (Å²) in [7, 11) is 0. The highest BCUT2D eigenvalue weighted by Gasteiger charge is 2.13. The molecule has 6 nitrogen and oxygen atoms in total. The summed E-state index contributed by atoms with van der Waals surface area (Å²) in [5.74, 6) is 0.509. The maximum absolute atomic E-state index is 12.5. The van der Waals surface area contributed by atoms with Crippen LogP contribution >= 0.6 is 0 Å². The van der Waals surface area contributed by atoms with Crippen LogP contribution in [0.2, 0.25) is 0 Å². The second-order valence-corrected chi connectivity index (χ2v) is 8.97. The van der Waals surface area contributed by atoms with Gasteiger partial charge in [-0.2, -0.15) is 0 Å². The fourth-order valence-electron chi connectivity index (χ4n) is 4.41. The van der Waals surface area contributed by atoms with Crippen molar-refractivity contribution in [1.29, 1.82) is 0 Å². The van der Waals surface area contributed by atoms with Crippen LogP contribution in [-0.4, -0.2) is 38.8 Å². The van der Waals surface area contributed by atoms with Gasteiger partial charge in [0.15, 0.2) is 6.61 Å². The van der Waals surface area contributed by atoms with E-state index < -0.39 is 0 Å². The number of anilines is 3. The van der Waals surface area contributed by atoms with Crippen LogP contribution in [0.25, 0.3) is 10.8 Å². The van der Waals surface area contributed by atoms with E-state index in [4.69, 9.17) is 9.47 Å². The molecule has 4 aromatic rings. The maximum atomic E-state index is 12.5. The molecule has 0 radical (unpaired) electrons. The number of aryl methyl sites for hydroxylation is 1. The summed E-state index contributed by atoms with van der Waals surface area (Å²) < 4.78 is 11.5. The summed E-state index contributed by atoms with van der Waals surface area (Å²) in [5.41, 5.74) is 5.16. The summed E-state index contributed by atoms with van der Waals surface area (Å²) in [6, 6.07) is 28.4. The molecule has 0 bridgehead atoms. The van der Waals surface area contributed by atoms with Gasteiger partial charge in [0.1, 0.15) is 5.75 Å². The summed E-state index contributed by atoms with van der Waals surface area (Å²) in [6.45, 7) is 5.91. The Bertz CT molecular complexity index is 1310. The van der Waals surface area contributed by atoms with Crippen LogP contribution in [0.3, 0.4) is 0 Å². The molecule has 1 amide bonds. The third-order valence-corrected chi connectivity index (χ3v) is 6.40. The zero-order chi connectivity index (χ0) is 24.7. The van der Waals surface area contributed by atoms with Crippen molar-refractivity contribution in [2.75, 3.05) is 48.4 Å². The van der Waals surface area contributed by atoms with Gasteiger partial charge in [-0.15, -0.1) is 0 Å². The van der Waals surface area contributed by atoms with Crippen LogP contribution in [0.5, 0.6) is 5.75 Å². The average molecular weight is 482 g/mol. The monoisotopic (exact) mass is 481 g/mol. The molecule has 0 atom stereocenters. The molecule has 0 aromatic heterocycles. The molecule has 184 valence electrons. The number of nitrogens with one attached hydrogen (secondary N) is 2. The predicted octanol–water partition coefficient (Wildman–Crippen LogP) is 5.61. The summed E-state index contributed by atoms with van der Waals surface area (Å²) >= 11 is 0. The molecule has 0 spiro atoms. The highest BCUT2D eigenvalue weighted by molar-refractivity contribution is 5.92. The van der Waals surface area contributed by atoms with Crippen molar-refractivity contribution in [3.63, 3.8) is 0 Å². The number of benzene rings is 4. The molecule has 2 N–H and O–H groups in total. The fourth-order valence-corrected chi connectivity index (χ4v) is 4.41. The third-order valence-electron chi connectivity index (χ3n) is 6.40. The maximum Gasteiger partial charge on any atom is 0.262 e. The first-order valence-electron chi connectivity index (χ1n) is 12.3. The molecule has 36 heavy (non-hydrogen) atoms. The van der Waals surface area contributed by atoms with Crippen LogP contribution in [0.15, 0.2) is 84.9 Å². The first-order chi connectivity index (χ1) is 17.7. The molecule has 6 heteroatoms. The van der Waals surface area contributed by atoms with E-state index in [-0.39, 0.29) is 12.5 Å². The molecule has 1 aliphatic rings. The van der Waals surface area contributed by atoms with E-state index in [0.717, 1.165) is 59.6 Å². The van der Waals surface area contributed by atoms with Crippen molar-refractivity contribution in [1.82, 2.24) is 0 Å². The minimum Gasteiger partial charge on any atom is -0.483 e. The normalized spacial score (nSPS) is 13.4. The molecule has 1 fully saturated rings. The van der Waals surface area contributed by atoms with Crippen molar-refractivity contribution in [3.8, 4) is 5.75 Å². The van der Waals surface area contributed by atoms with Crippen molar-refractivity contribution in [3.05, 3.63) is 96.1 Å². The number of amides is 1. The molecule has 1 saturated heterocycles. The van der Waals surface area contributed by atoms with Crippen LogP contribution in [0.4, 0.5) is 17.1 Å². The fraction of sp³-hybridized carbons (Fsp3) is 0.233. The van der Waals surface area contributed by atoms with Gasteiger partial charge in [0.25, 0.3) is 5.91 Å². The van der Waals surface area contributed by atoms with Gasteiger partial charge in [0.2, 0.25) is 0 Å². The smallest absolute Gasteiger partial charge is 0.262 e. The van der Waals surface area contributed by atoms with Crippen molar-refractivity contribution >= 4 is 33.7 Å². The molecule has 0 aliphatic carbocycles. The number of morpholine rings is 1. The Labute approximate surface area is 211 Å². The number of hydrogen-bond donors (Lipinski definition) is 2. The van der Waals surface area contributed by atoms with Gasteiger partial charge in [-0.1, -0.05) is 48.0 Å². The number of hydrogen-bond acceptors (Lipinski definition) is 5. The summed E-state index contributed by atoms with van der Waals surface area (Å²) in [5, 5.41) is 8.66. The Morgan fingerprint density at radius 2 is 1.61 bits per heavy atom. The molecular formula is C30H31N3O3. The Hall–Kier alpha value is -4.03. The lowest BCUT2D eigenvalue weighted by molar-refractivity contribution is -0.118. The molecule has 4 aromatic carbocycles. The van der Waals surface area contributed by atoms with Gasteiger partial charge in [-0.25, -0.2) is 0 Å². The van der Waals surface area contributed by atoms with E-state index in [1.165, 1.54) is 5.69 Å². The first kappa shape index (κ1) is 23.7. The Morgan fingerprint density at radius 1 is 0.889 bits per heavy atom. The van der Waals surface area contributed by atoms with Gasteiger partial charge in [-0.05, 0) is 60.2 Å². The molecule has 0 unspecified atom stereocenters. The predicted molar refractivity (Wildman–Crippen MR) is 146 cm³/mol. The quantitative estimate of drug-likeness (QED) is 0.342. The van der Waals surface area contributed by atoms with E-state index in [0.29, 0.717) is 12.3 Å². The lowest BCUT2D eigenvalue weighted by atomic mass is 10.0. The highest BCUT2D eigenvalue weighted by Crippen LogP contribution is 2.29. The number of rotatable bonds is 8. The molecule has 1 heterocycles. The van der Waals surface area contributed by atoms with E-state index in [1.807, 2.05) is 55.5 Å². The molecule has 5 rings (SSSR count). The molecule has 0 saturated carbocycles. The standard InChI is InChI=1S/C30H31N3O3/c1-22-6-9-25(10-7-22)32-30(34)21-36-29-15-8-23-4-2-3-5-27(23)28(29)20-31-24-11-13-26(14-12-24)33-16-18-35-19-17-33/h2-15,31H,16-21H2,1H3,(H,32,34). The highest BCUT2D eigenvalue weighted by atomic mass is 16.5. The lowest BCUT2D eigenvalue weighted by Crippen LogP contribution is -2.36. The Kier molecular flexibility index (Phi) is 7.33. The second kappa shape index (κ2) is 11.1. The average Bonchev–Trinajstić information content (AvgIpc) is 2.93. The van der Waals surface area contributed by atoms with Gasteiger partial charge in [0.05, 0.1) is 13.2 Å². The SMILES string of the molecule is Cc1ccc(NC(=O)COc2ccc3ccccc3c2CNc2ccc(N3CCOCC3)cc2)cc1. The Morgan fingerprint density at radius 3 is 2.39 bits per heavy atom. The number of ether oxygens (including phenoxy) is 2. The number of carbonyl (C=O) groups excluding carboxylic acids is 1.